The standard InChI is InChI=1S/C13H28N2O/c1-12(2,3)11-5-7-15(8-6-11)9-13(4,14)10-16/h11,16H,5-10,14H2,1-4H3. The summed E-state index contributed by atoms with van der Waals surface area (Å²) in [6, 6.07) is 0. The van der Waals surface area contributed by atoms with E-state index >= 15 is 0 Å². The first-order valence-corrected chi connectivity index (χ1v) is 6.37. The van der Waals surface area contributed by atoms with Crippen LogP contribution in [0.15, 0.2) is 0 Å². The van der Waals surface area contributed by atoms with Gasteiger partial charge in [-0.25, -0.2) is 0 Å². The largest absolute Gasteiger partial charge is 0.394 e. The molecular weight excluding hydrogens is 200 g/mol. The molecule has 0 aromatic carbocycles. The van der Waals surface area contributed by atoms with E-state index in [4.69, 9.17) is 10.8 Å². The maximum atomic E-state index is 9.15. The van der Waals surface area contributed by atoms with Crippen molar-refractivity contribution in [1.29, 1.82) is 0 Å². The molecular formula is C13H28N2O. The van der Waals surface area contributed by atoms with E-state index < -0.39 is 5.54 Å². The van der Waals surface area contributed by atoms with Gasteiger partial charge in [0.25, 0.3) is 0 Å². The highest BCUT2D eigenvalue weighted by atomic mass is 16.3. The van der Waals surface area contributed by atoms with Crippen molar-refractivity contribution in [2.24, 2.45) is 17.1 Å². The van der Waals surface area contributed by atoms with Crippen molar-refractivity contribution < 1.29 is 5.11 Å². The second-order valence-corrected chi connectivity index (χ2v) is 6.73. The molecule has 3 nitrogen and oxygen atoms in total. The highest BCUT2D eigenvalue weighted by molar-refractivity contribution is 4.86. The minimum absolute atomic E-state index is 0.0617. The molecule has 1 aliphatic rings. The molecule has 0 spiro atoms. The molecule has 0 aromatic rings. The molecule has 1 rings (SSSR count). The first-order chi connectivity index (χ1) is 7.24. The number of piperidine rings is 1. The Morgan fingerprint density at radius 1 is 1.19 bits per heavy atom. The van der Waals surface area contributed by atoms with Crippen molar-refractivity contribution >= 4 is 0 Å². The normalized spacial score (nSPS) is 24.4. The van der Waals surface area contributed by atoms with Crippen LogP contribution in [-0.2, 0) is 0 Å². The molecule has 96 valence electrons. The van der Waals surface area contributed by atoms with E-state index in [2.05, 4.69) is 25.7 Å². The van der Waals surface area contributed by atoms with Gasteiger partial charge in [-0.2, -0.15) is 0 Å². The number of hydrogen-bond acceptors (Lipinski definition) is 3. The minimum Gasteiger partial charge on any atom is -0.394 e. The van der Waals surface area contributed by atoms with Crippen LogP contribution in [0.5, 0.6) is 0 Å². The molecule has 0 radical (unpaired) electrons. The fourth-order valence-electron chi connectivity index (χ4n) is 2.52. The van der Waals surface area contributed by atoms with Crippen LogP contribution < -0.4 is 5.73 Å². The second kappa shape index (κ2) is 5.03. The van der Waals surface area contributed by atoms with Crippen LogP contribution in [0, 0.1) is 11.3 Å². The van der Waals surface area contributed by atoms with Gasteiger partial charge in [-0.1, -0.05) is 20.8 Å². The summed E-state index contributed by atoms with van der Waals surface area (Å²) in [6.07, 6.45) is 2.51. The Morgan fingerprint density at radius 2 is 1.69 bits per heavy atom. The summed E-state index contributed by atoms with van der Waals surface area (Å²) >= 11 is 0. The van der Waals surface area contributed by atoms with E-state index in [1.54, 1.807) is 0 Å². The van der Waals surface area contributed by atoms with Crippen molar-refractivity contribution in [2.45, 2.75) is 46.1 Å². The van der Waals surface area contributed by atoms with E-state index in [0.29, 0.717) is 5.41 Å². The first kappa shape index (κ1) is 13.9. The van der Waals surface area contributed by atoms with Crippen LogP contribution >= 0.6 is 0 Å². The van der Waals surface area contributed by atoms with Crippen LogP contribution in [0.2, 0.25) is 0 Å². The molecule has 0 amide bonds. The Bertz CT molecular complexity index is 212. The summed E-state index contributed by atoms with van der Waals surface area (Å²) < 4.78 is 0. The Hall–Kier alpha value is -0.120. The third-order valence-corrected chi connectivity index (χ3v) is 3.76. The van der Waals surface area contributed by atoms with Crippen molar-refractivity contribution in [3.63, 3.8) is 0 Å². The highest BCUT2D eigenvalue weighted by Gasteiger charge is 2.30. The molecule has 16 heavy (non-hydrogen) atoms. The SMILES string of the molecule is CC(N)(CO)CN1CCC(C(C)(C)C)CC1. The third kappa shape index (κ3) is 4.04. The number of likely N-dealkylation sites (tertiary alicyclic amines) is 1. The average Bonchev–Trinajstić information content (AvgIpc) is 2.16. The number of aliphatic hydroxyl groups is 1. The van der Waals surface area contributed by atoms with Crippen molar-refractivity contribution in [3.05, 3.63) is 0 Å². The van der Waals surface area contributed by atoms with Gasteiger partial charge in [0.1, 0.15) is 0 Å². The van der Waals surface area contributed by atoms with Crippen LogP contribution in [-0.4, -0.2) is 41.8 Å². The monoisotopic (exact) mass is 228 g/mol. The van der Waals surface area contributed by atoms with E-state index in [1.807, 2.05) is 6.92 Å². The van der Waals surface area contributed by atoms with Crippen LogP contribution in [0.4, 0.5) is 0 Å². The Balaban J connectivity index is 2.38. The topological polar surface area (TPSA) is 49.5 Å². The molecule has 0 aliphatic carbocycles. The maximum absolute atomic E-state index is 9.15. The first-order valence-electron chi connectivity index (χ1n) is 6.37. The smallest absolute Gasteiger partial charge is 0.0621 e. The Kier molecular flexibility index (Phi) is 4.38. The minimum atomic E-state index is -0.450. The molecule has 0 aromatic heterocycles. The van der Waals surface area contributed by atoms with Crippen molar-refractivity contribution in [3.8, 4) is 0 Å². The molecule has 3 N–H and O–H groups in total. The van der Waals surface area contributed by atoms with Gasteiger partial charge in [0, 0.05) is 12.1 Å². The quantitative estimate of drug-likeness (QED) is 0.769. The molecule has 1 heterocycles. The summed E-state index contributed by atoms with van der Waals surface area (Å²) in [7, 11) is 0. The van der Waals surface area contributed by atoms with Gasteiger partial charge in [0.05, 0.1) is 6.61 Å². The van der Waals surface area contributed by atoms with Crippen molar-refractivity contribution in [1.82, 2.24) is 4.90 Å². The average molecular weight is 228 g/mol. The van der Waals surface area contributed by atoms with Gasteiger partial charge in [0.15, 0.2) is 0 Å². The van der Waals surface area contributed by atoms with Gasteiger partial charge in [-0.3, -0.25) is 0 Å². The zero-order chi connectivity index (χ0) is 12.4. The molecule has 1 saturated heterocycles. The molecule has 1 unspecified atom stereocenters. The molecule has 0 bridgehead atoms. The fourth-order valence-corrected chi connectivity index (χ4v) is 2.52. The lowest BCUT2D eigenvalue weighted by atomic mass is 9.75. The molecule has 1 fully saturated rings. The Labute approximate surface area is 100 Å². The Morgan fingerprint density at radius 3 is 2.06 bits per heavy atom. The van der Waals surface area contributed by atoms with Crippen LogP contribution in [0.3, 0.4) is 0 Å². The molecule has 1 aliphatic heterocycles. The molecule has 1 atom stereocenters. The van der Waals surface area contributed by atoms with E-state index in [-0.39, 0.29) is 6.61 Å². The van der Waals surface area contributed by atoms with Gasteiger partial charge < -0.3 is 15.7 Å². The van der Waals surface area contributed by atoms with E-state index in [1.165, 1.54) is 12.8 Å². The van der Waals surface area contributed by atoms with Gasteiger partial charge in [-0.05, 0) is 44.2 Å². The zero-order valence-electron chi connectivity index (χ0n) is 11.3. The predicted octanol–water partition coefficient (Wildman–Crippen LogP) is 1.45. The summed E-state index contributed by atoms with van der Waals surface area (Å²) in [5, 5.41) is 9.15. The number of hydrogen-bond donors (Lipinski definition) is 2. The fraction of sp³-hybridized carbons (Fsp3) is 1.00. The lowest BCUT2D eigenvalue weighted by molar-refractivity contribution is 0.0829. The van der Waals surface area contributed by atoms with Crippen molar-refractivity contribution in [2.75, 3.05) is 26.2 Å². The van der Waals surface area contributed by atoms with Gasteiger partial charge in [0.2, 0.25) is 0 Å². The summed E-state index contributed by atoms with van der Waals surface area (Å²) in [6.45, 7) is 12.0. The number of rotatable bonds is 3. The lowest BCUT2D eigenvalue weighted by Gasteiger charge is -2.41. The van der Waals surface area contributed by atoms with Gasteiger partial charge >= 0.3 is 0 Å². The van der Waals surface area contributed by atoms with E-state index in [0.717, 1.165) is 25.6 Å². The van der Waals surface area contributed by atoms with Gasteiger partial charge in [-0.15, -0.1) is 0 Å². The number of aliphatic hydroxyl groups excluding tert-OH is 1. The summed E-state index contributed by atoms with van der Waals surface area (Å²) in [4.78, 5) is 2.39. The predicted molar refractivity (Wildman–Crippen MR) is 68.3 cm³/mol. The lowest BCUT2D eigenvalue weighted by Crippen LogP contribution is -2.52. The number of nitrogens with two attached hydrogens (primary N) is 1. The summed E-state index contributed by atoms with van der Waals surface area (Å²) in [5.74, 6) is 0.821. The second-order valence-electron chi connectivity index (χ2n) is 6.73. The zero-order valence-corrected chi connectivity index (χ0v) is 11.3. The van der Waals surface area contributed by atoms with Crippen LogP contribution in [0.1, 0.15) is 40.5 Å². The van der Waals surface area contributed by atoms with E-state index in [9.17, 15) is 0 Å². The summed E-state index contributed by atoms with van der Waals surface area (Å²) in [5.41, 5.74) is 5.95. The maximum Gasteiger partial charge on any atom is 0.0621 e. The third-order valence-electron chi connectivity index (χ3n) is 3.76. The highest BCUT2D eigenvalue weighted by Crippen LogP contribution is 2.34. The molecule has 0 saturated carbocycles. The molecule has 3 heteroatoms. The van der Waals surface area contributed by atoms with Crippen LogP contribution in [0.25, 0.3) is 0 Å². The number of nitrogens with zero attached hydrogens (tertiary/aromatic N) is 1.